The van der Waals surface area contributed by atoms with Crippen LogP contribution in [0.3, 0.4) is 0 Å². The number of carboxylic acid groups (broad SMARTS) is 1. The van der Waals surface area contributed by atoms with Gasteiger partial charge in [-0.1, -0.05) is 6.92 Å². The Morgan fingerprint density at radius 2 is 2.33 bits per heavy atom. The van der Waals surface area contributed by atoms with Crippen molar-refractivity contribution in [1.29, 1.82) is 0 Å². The molecule has 1 aliphatic rings. The van der Waals surface area contributed by atoms with Crippen molar-refractivity contribution in [3.05, 3.63) is 11.4 Å². The Hall–Kier alpha value is -0.970. The van der Waals surface area contributed by atoms with Gasteiger partial charge in [0.05, 0.1) is 10.6 Å². The molecule has 1 aliphatic carbocycles. The van der Waals surface area contributed by atoms with E-state index in [1.165, 1.54) is 0 Å². The SMILES string of the molecule is CCSc1c(C(=O)O)nn(C)c1C1CC1. The summed E-state index contributed by atoms with van der Waals surface area (Å²) >= 11 is 1.58. The predicted octanol–water partition coefficient (Wildman–Crippen LogP) is 2.11. The van der Waals surface area contributed by atoms with Gasteiger partial charge < -0.3 is 5.11 Å². The molecule has 1 N–H and O–H groups in total. The van der Waals surface area contributed by atoms with Crippen LogP contribution in [0.1, 0.15) is 41.9 Å². The molecule has 0 atom stereocenters. The second kappa shape index (κ2) is 3.89. The first kappa shape index (κ1) is 10.5. The molecular formula is C10H14N2O2S. The number of aromatic nitrogens is 2. The molecule has 1 aromatic heterocycles. The van der Waals surface area contributed by atoms with Crippen molar-refractivity contribution >= 4 is 17.7 Å². The number of carbonyl (C=O) groups is 1. The monoisotopic (exact) mass is 226 g/mol. The highest BCUT2D eigenvalue weighted by molar-refractivity contribution is 7.99. The first-order chi connectivity index (χ1) is 7.15. The molecule has 2 rings (SSSR count). The number of thioether (sulfide) groups is 1. The van der Waals surface area contributed by atoms with Crippen molar-refractivity contribution in [2.45, 2.75) is 30.6 Å². The third kappa shape index (κ3) is 1.88. The van der Waals surface area contributed by atoms with Crippen LogP contribution in [0.15, 0.2) is 4.90 Å². The van der Waals surface area contributed by atoms with Gasteiger partial charge in [0.1, 0.15) is 0 Å². The molecule has 1 aromatic rings. The highest BCUT2D eigenvalue weighted by atomic mass is 32.2. The lowest BCUT2D eigenvalue weighted by molar-refractivity contribution is 0.0686. The normalized spacial score (nSPS) is 15.6. The van der Waals surface area contributed by atoms with E-state index in [1.807, 2.05) is 14.0 Å². The highest BCUT2D eigenvalue weighted by Gasteiger charge is 2.33. The summed E-state index contributed by atoms with van der Waals surface area (Å²) in [6.07, 6.45) is 2.33. The van der Waals surface area contributed by atoms with Crippen LogP contribution < -0.4 is 0 Å². The fourth-order valence-electron chi connectivity index (χ4n) is 1.75. The van der Waals surface area contributed by atoms with Crippen molar-refractivity contribution in [3.63, 3.8) is 0 Å². The third-order valence-corrected chi connectivity index (χ3v) is 3.48. The van der Waals surface area contributed by atoms with Crippen LogP contribution in [-0.2, 0) is 7.05 Å². The number of aryl methyl sites for hydroxylation is 1. The molecule has 0 aromatic carbocycles. The molecule has 5 heteroatoms. The zero-order valence-electron chi connectivity index (χ0n) is 8.86. The Morgan fingerprint density at radius 1 is 1.67 bits per heavy atom. The number of rotatable bonds is 4. The Kier molecular flexibility index (Phi) is 2.73. The molecule has 0 radical (unpaired) electrons. The average molecular weight is 226 g/mol. The Labute approximate surface area is 92.7 Å². The van der Waals surface area contributed by atoms with Gasteiger partial charge in [0.25, 0.3) is 0 Å². The third-order valence-electron chi connectivity index (χ3n) is 2.50. The Morgan fingerprint density at radius 3 is 2.80 bits per heavy atom. The molecule has 4 nitrogen and oxygen atoms in total. The van der Waals surface area contributed by atoms with Crippen molar-refractivity contribution in [2.75, 3.05) is 5.75 Å². The molecule has 1 saturated carbocycles. The average Bonchev–Trinajstić information content (AvgIpc) is 2.93. The number of aromatic carboxylic acids is 1. The van der Waals surface area contributed by atoms with Crippen molar-refractivity contribution < 1.29 is 9.90 Å². The largest absolute Gasteiger partial charge is 0.476 e. The van der Waals surface area contributed by atoms with Crippen molar-refractivity contribution in [3.8, 4) is 0 Å². The summed E-state index contributed by atoms with van der Waals surface area (Å²) in [4.78, 5) is 11.9. The second-order valence-corrected chi connectivity index (χ2v) is 4.97. The van der Waals surface area contributed by atoms with Crippen LogP contribution >= 0.6 is 11.8 Å². The predicted molar refractivity (Wildman–Crippen MR) is 58.5 cm³/mol. The minimum Gasteiger partial charge on any atom is -0.476 e. The van der Waals surface area contributed by atoms with Crippen LogP contribution in [0, 0.1) is 0 Å². The van der Waals surface area contributed by atoms with Crippen LogP contribution in [0.5, 0.6) is 0 Å². The van der Waals surface area contributed by atoms with E-state index in [2.05, 4.69) is 5.10 Å². The Bertz CT molecular complexity index is 396. The van der Waals surface area contributed by atoms with Gasteiger partial charge in [-0.25, -0.2) is 4.79 Å². The van der Waals surface area contributed by atoms with Gasteiger partial charge in [-0.15, -0.1) is 11.8 Å². The van der Waals surface area contributed by atoms with Gasteiger partial charge in [0.2, 0.25) is 0 Å². The summed E-state index contributed by atoms with van der Waals surface area (Å²) in [7, 11) is 1.83. The minimum absolute atomic E-state index is 0.214. The maximum Gasteiger partial charge on any atom is 0.357 e. The fourth-order valence-corrected chi connectivity index (χ4v) is 2.75. The van der Waals surface area contributed by atoms with Gasteiger partial charge in [0, 0.05) is 13.0 Å². The van der Waals surface area contributed by atoms with Crippen LogP contribution in [0.25, 0.3) is 0 Å². The van der Waals surface area contributed by atoms with Crippen LogP contribution in [0.2, 0.25) is 0 Å². The summed E-state index contributed by atoms with van der Waals surface area (Å²) in [5.74, 6) is 0.490. The molecule has 0 bridgehead atoms. The molecule has 0 aliphatic heterocycles. The first-order valence-electron chi connectivity index (χ1n) is 5.08. The van der Waals surface area contributed by atoms with E-state index in [4.69, 9.17) is 5.11 Å². The smallest absolute Gasteiger partial charge is 0.357 e. The molecule has 0 saturated heterocycles. The Balaban J connectivity index is 2.46. The van der Waals surface area contributed by atoms with E-state index in [1.54, 1.807) is 16.4 Å². The van der Waals surface area contributed by atoms with Crippen molar-refractivity contribution in [1.82, 2.24) is 9.78 Å². The zero-order valence-corrected chi connectivity index (χ0v) is 9.67. The van der Waals surface area contributed by atoms with E-state index in [0.717, 1.165) is 29.2 Å². The summed E-state index contributed by atoms with van der Waals surface area (Å²) in [5.41, 5.74) is 1.32. The maximum atomic E-state index is 11.0. The maximum absolute atomic E-state index is 11.0. The molecule has 0 spiro atoms. The topological polar surface area (TPSA) is 55.1 Å². The zero-order chi connectivity index (χ0) is 11.0. The standard InChI is InChI=1S/C10H14N2O2S/c1-3-15-9-7(10(13)14)11-12(2)8(9)6-4-5-6/h6H,3-5H2,1-2H3,(H,13,14). The van der Waals surface area contributed by atoms with E-state index in [0.29, 0.717) is 5.92 Å². The van der Waals surface area contributed by atoms with E-state index < -0.39 is 5.97 Å². The first-order valence-corrected chi connectivity index (χ1v) is 6.06. The fraction of sp³-hybridized carbons (Fsp3) is 0.600. The number of nitrogens with zero attached hydrogens (tertiary/aromatic N) is 2. The summed E-state index contributed by atoms with van der Waals surface area (Å²) in [6.45, 7) is 2.03. The molecule has 82 valence electrons. The summed E-state index contributed by atoms with van der Waals surface area (Å²) in [6, 6.07) is 0. The molecule has 1 fully saturated rings. The van der Waals surface area contributed by atoms with Crippen LogP contribution in [-0.4, -0.2) is 26.6 Å². The highest BCUT2D eigenvalue weighted by Crippen LogP contribution is 2.45. The molecule has 0 unspecified atom stereocenters. The van der Waals surface area contributed by atoms with Gasteiger partial charge in [-0.05, 0) is 18.6 Å². The molecule has 15 heavy (non-hydrogen) atoms. The summed E-state index contributed by atoms with van der Waals surface area (Å²) < 4.78 is 1.74. The summed E-state index contributed by atoms with van der Waals surface area (Å²) in [5, 5.41) is 13.1. The second-order valence-electron chi connectivity index (χ2n) is 3.70. The number of hydrogen-bond acceptors (Lipinski definition) is 3. The van der Waals surface area contributed by atoms with E-state index >= 15 is 0 Å². The lowest BCUT2D eigenvalue weighted by Crippen LogP contribution is -2.00. The van der Waals surface area contributed by atoms with Gasteiger partial charge in [-0.2, -0.15) is 5.10 Å². The minimum atomic E-state index is -0.923. The van der Waals surface area contributed by atoms with Gasteiger partial charge in [0.15, 0.2) is 5.69 Å². The van der Waals surface area contributed by atoms with Crippen LogP contribution in [0.4, 0.5) is 0 Å². The lowest BCUT2D eigenvalue weighted by atomic mass is 10.2. The van der Waals surface area contributed by atoms with Gasteiger partial charge in [-0.3, -0.25) is 4.68 Å². The van der Waals surface area contributed by atoms with E-state index in [9.17, 15) is 4.79 Å². The lowest BCUT2D eigenvalue weighted by Gasteiger charge is -2.02. The number of hydrogen-bond donors (Lipinski definition) is 1. The van der Waals surface area contributed by atoms with E-state index in [-0.39, 0.29) is 5.69 Å². The molecule has 0 amide bonds. The molecule has 1 heterocycles. The quantitative estimate of drug-likeness (QED) is 0.799. The van der Waals surface area contributed by atoms with Gasteiger partial charge >= 0.3 is 5.97 Å². The molecular weight excluding hydrogens is 212 g/mol. The number of carboxylic acids is 1. The van der Waals surface area contributed by atoms with Crippen molar-refractivity contribution in [2.24, 2.45) is 7.05 Å².